The molecule has 0 spiro atoms. The monoisotopic (exact) mass is 369 g/mol. The summed E-state index contributed by atoms with van der Waals surface area (Å²) in [7, 11) is 1.68. The van der Waals surface area contributed by atoms with Crippen LogP contribution in [0.4, 0.5) is 0 Å². The van der Waals surface area contributed by atoms with Crippen LogP contribution >= 0.6 is 0 Å². The van der Waals surface area contributed by atoms with Gasteiger partial charge in [-0.2, -0.15) is 0 Å². The summed E-state index contributed by atoms with van der Waals surface area (Å²) in [6.07, 6.45) is 1.60. The van der Waals surface area contributed by atoms with E-state index in [1.807, 2.05) is 30.3 Å². The fourth-order valence-electron chi connectivity index (χ4n) is 4.11. The van der Waals surface area contributed by atoms with Gasteiger partial charge in [-0.05, 0) is 30.5 Å². The van der Waals surface area contributed by atoms with Gasteiger partial charge in [0.2, 0.25) is 0 Å². The Morgan fingerprint density at radius 3 is 2.63 bits per heavy atom. The molecule has 0 saturated carbocycles. The molecule has 1 fully saturated rings. The second-order valence-electron chi connectivity index (χ2n) is 7.47. The highest BCUT2D eigenvalue weighted by molar-refractivity contribution is 5.51. The van der Waals surface area contributed by atoms with Crippen LogP contribution in [0.5, 0.6) is 17.2 Å². The van der Waals surface area contributed by atoms with E-state index in [-0.39, 0.29) is 0 Å². The number of fused-ring (bicyclic) bond motifs is 1. The van der Waals surface area contributed by atoms with Crippen LogP contribution < -0.4 is 14.2 Å². The van der Waals surface area contributed by atoms with Gasteiger partial charge in [-0.3, -0.25) is 4.90 Å². The smallest absolute Gasteiger partial charge is 0.164 e. The lowest BCUT2D eigenvalue weighted by atomic mass is 9.89. The molecule has 2 aromatic rings. The lowest BCUT2D eigenvalue weighted by Crippen LogP contribution is -2.31. The Morgan fingerprint density at radius 2 is 1.89 bits per heavy atom. The molecule has 5 nitrogen and oxygen atoms in total. The van der Waals surface area contributed by atoms with Crippen molar-refractivity contribution in [3.63, 3.8) is 0 Å². The van der Waals surface area contributed by atoms with E-state index in [9.17, 15) is 5.11 Å². The summed E-state index contributed by atoms with van der Waals surface area (Å²) in [6, 6.07) is 12.0. The molecule has 0 unspecified atom stereocenters. The molecule has 0 bridgehead atoms. The fourth-order valence-corrected chi connectivity index (χ4v) is 4.11. The molecule has 1 atom stereocenters. The molecule has 4 rings (SSSR count). The van der Waals surface area contributed by atoms with Crippen LogP contribution in [-0.2, 0) is 12.1 Å². The third-order valence-corrected chi connectivity index (χ3v) is 5.52. The minimum absolute atomic E-state index is 0.607. The van der Waals surface area contributed by atoms with Crippen LogP contribution in [0.2, 0.25) is 0 Å². The summed E-state index contributed by atoms with van der Waals surface area (Å²) < 4.78 is 17.2. The minimum atomic E-state index is -0.802. The zero-order chi connectivity index (χ0) is 18.9. The molecule has 27 heavy (non-hydrogen) atoms. The van der Waals surface area contributed by atoms with E-state index in [0.29, 0.717) is 26.3 Å². The van der Waals surface area contributed by atoms with Crippen molar-refractivity contribution in [3.05, 3.63) is 53.1 Å². The van der Waals surface area contributed by atoms with Crippen molar-refractivity contribution in [2.45, 2.75) is 31.9 Å². The average Bonchev–Trinajstić information content (AvgIpc) is 2.89. The van der Waals surface area contributed by atoms with Gasteiger partial charge in [-0.1, -0.05) is 24.3 Å². The van der Waals surface area contributed by atoms with Gasteiger partial charge in [0.25, 0.3) is 0 Å². The van der Waals surface area contributed by atoms with Gasteiger partial charge < -0.3 is 19.3 Å². The summed E-state index contributed by atoms with van der Waals surface area (Å²) in [4.78, 5) is 2.27. The number of aryl methyl sites for hydroxylation is 1. The number of methoxy groups -OCH3 is 1. The van der Waals surface area contributed by atoms with Gasteiger partial charge >= 0.3 is 0 Å². The molecule has 144 valence electrons. The van der Waals surface area contributed by atoms with E-state index in [4.69, 9.17) is 14.2 Å². The molecule has 0 radical (unpaired) electrons. The highest BCUT2D eigenvalue weighted by Gasteiger charge is 2.38. The number of nitrogens with zero attached hydrogens (tertiary/aromatic N) is 1. The predicted octanol–water partition coefficient (Wildman–Crippen LogP) is 3.26. The quantitative estimate of drug-likeness (QED) is 0.897. The van der Waals surface area contributed by atoms with Crippen molar-refractivity contribution in [2.75, 3.05) is 33.4 Å². The van der Waals surface area contributed by atoms with E-state index in [0.717, 1.165) is 53.3 Å². The Balaban J connectivity index is 1.55. The molecule has 2 aliphatic heterocycles. The second kappa shape index (κ2) is 7.41. The maximum Gasteiger partial charge on any atom is 0.164 e. The molecule has 5 heteroatoms. The van der Waals surface area contributed by atoms with Crippen molar-refractivity contribution in [1.82, 2.24) is 4.90 Å². The molecule has 0 amide bonds. The van der Waals surface area contributed by atoms with E-state index in [1.54, 1.807) is 7.11 Å². The zero-order valence-corrected chi connectivity index (χ0v) is 16.0. The number of β-amino-alcohol motifs (C(OH)–C–C–N with tert-alkyl or cyclic N) is 1. The number of hydrogen-bond donors (Lipinski definition) is 1. The first-order valence-electron chi connectivity index (χ1n) is 9.56. The molecule has 0 aromatic heterocycles. The van der Waals surface area contributed by atoms with Gasteiger partial charge in [0.05, 0.1) is 20.3 Å². The number of hydrogen-bond acceptors (Lipinski definition) is 5. The SMILES string of the molecule is COc1cc2c(cc1CN1CC[C@@](O)(c3ccccc3C)C1)OCCCO2. The highest BCUT2D eigenvalue weighted by atomic mass is 16.5. The molecule has 2 heterocycles. The van der Waals surface area contributed by atoms with Crippen molar-refractivity contribution in [2.24, 2.45) is 0 Å². The van der Waals surface area contributed by atoms with E-state index < -0.39 is 5.60 Å². The summed E-state index contributed by atoms with van der Waals surface area (Å²) in [6.45, 7) is 5.52. The molecule has 1 N–H and O–H groups in total. The van der Waals surface area contributed by atoms with Crippen LogP contribution in [0, 0.1) is 6.92 Å². The van der Waals surface area contributed by atoms with Crippen molar-refractivity contribution < 1.29 is 19.3 Å². The minimum Gasteiger partial charge on any atom is -0.496 e. The lowest BCUT2D eigenvalue weighted by Gasteiger charge is -2.26. The topological polar surface area (TPSA) is 51.2 Å². The summed E-state index contributed by atoms with van der Waals surface area (Å²) >= 11 is 0. The van der Waals surface area contributed by atoms with Crippen LogP contribution in [0.25, 0.3) is 0 Å². The first-order chi connectivity index (χ1) is 13.1. The van der Waals surface area contributed by atoms with E-state index >= 15 is 0 Å². The van der Waals surface area contributed by atoms with Gasteiger partial charge in [0.1, 0.15) is 11.4 Å². The number of benzene rings is 2. The van der Waals surface area contributed by atoms with Gasteiger partial charge in [0, 0.05) is 37.7 Å². The molecule has 0 aliphatic carbocycles. The largest absolute Gasteiger partial charge is 0.496 e. The molecule has 1 saturated heterocycles. The second-order valence-corrected chi connectivity index (χ2v) is 7.47. The van der Waals surface area contributed by atoms with Gasteiger partial charge in [-0.15, -0.1) is 0 Å². The normalized spacial score (nSPS) is 22.5. The number of rotatable bonds is 4. The van der Waals surface area contributed by atoms with Crippen molar-refractivity contribution in [3.8, 4) is 17.2 Å². The Labute approximate surface area is 160 Å². The first-order valence-corrected chi connectivity index (χ1v) is 9.56. The predicted molar refractivity (Wildman–Crippen MR) is 104 cm³/mol. The standard InChI is InChI=1S/C22H27NO4/c1-16-6-3-4-7-18(16)22(24)8-9-23(15-22)14-17-12-20-21(13-19(17)25-2)27-11-5-10-26-20/h3-4,6-7,12-13,24H,5,8-11,14-15H2,1-2H3/t22-/m0/s1. The molecular formula is C22H27NO4. The number of ether oxygens (including phenoxy) is 3. The van der Waals surface area contributed by atoms with E-state index in [1.165, 1.54) is 0 Å². The van der Waals surface area contributed by atoms with Crippen LogP contribution in [0.1, 0.15) is 29.5 Å². The van der Waals surface area contributed by atoms with Crippen LogP contribution in [0.15, 0.2) is 36.4 Å². The molecule has 2 aromatic carbocycles. The number of aliphatic hydroxyl groups is 1. The zero-order valence-electron chi connectivity index (χ0n) is 16.0. The van der Waals surface area contributed by atoms with Crippen LogP contribution in [-0.4, -0.2) is 43.4 Å². The third kappa shape index (κ3) is 3.62. The average molecular weight is 369 g/mol. The maximum atomic E-state index is 11.2. The Bertz CT molecular complexity index is 822. The summed E-state index contributed by atoms with van der Waals surface area (Å²) in [5, 5.41) is 11.2. The van der Waals surface area contributed by atoms with Gasteiger partial charge in [0.15, 0.2) is 11.5 Å². The highest BCUT2D eigenvalue weighted by Crippen LogP contribution is 2.39. The Hall–Kier alpha value is -2.24. The van der Waals surface area contributed by atoms with Crippen molar-refractivity contribution >= 4 is 0 Å². The molecule has 2 aliphatic rings. The molecular weight excluding hydrogens is 342 g/mol. The third-order valence-electron chi connectivity index (χ3n) is 5.52. The van der Waals surface area contributed by atoms with Crippen LogP contribution in [0.3, 0.4) is 0 Å². The summed E-state index contributed by atoms with van der Waals surface area (Å²) in [5.74, 6) is 2.31. The van der Waals surface area contributed by atoms with Crippen molar-refractivity contribution in [1.29, 1.82) is 0 Å². The Morgan fingerprint density at radius 1 is 1.15 bits per heavy atom. The van der Waals surface area contributed by atoms with Gasteiger partial charge in [-0.25, -0.2) is 0 Å². The number of likely N-dealkylation sites (tertiary alicyclic amines) is 1. The lowest BCUT2D eigenvalue weighted by molar-refractivity contribution is 0.0446. The van der Waals surface area contributed by atoms with E-state index in [2.05, 4.69) is 17.9 Å². The first kappa shape index (κ1) is 18.1. The maximum absolute atomic E-state index is 11.2. The Kier molecular flexibility index (Phi) is 4.98. The fraction of sp³-hybridized carbons (Fsp3) is 0.455. The summed E-state index contributed by atoms with van der Waals surface area (Å²) in [5.41, 5.74) is 2.41.